The Kier molecular flexibility index (Phi) is 4.94. The highest BCUT2D eigenvalue weighted by Crippen LogP contribution is 2.49. The molecular weight excluding hydrogens is 388 g/mol. The van der Waals surface area contributed by atoms with E-state index in [1.165, 1.54) is 33.4 Å². The van der Waals surface area contributed by atoms with Crippen LogP contribution >= 0.6 is 11.8 Å². The third-order valence-electron chi connectivity index (χ3n) is 6.47. The molecule has 5 rings (SSSR count). The number of aryl methyl sites for hydroxylation is 2. The summed E-state index contributed by atoms with van der Waals surface area (Å²) in [6.07, 6.45) is 3.02. The minimum atomic E-state index is 0.0360. The van der Waals surface area contributed by atoms with Crippen LogP contribution in [-0.2, 0) is 0 Å². The highest BCUT2D eigenvalue weighted by molar-refractivity contribution is 8.14. The van der Waals surface area contributed by atoms with Crippen molar-refractivity contribution in [2.75, 3.05) is 5.75 Å². The molecule has 0 radical (unpaired) electrons. The summed E-state index contributed by atoms with van der Waals surface area (Å²) in [6.45, 7) is 8.94. The summed E-state index contributed by atoms with van der Waals surface area (Å²) in [5, 5.41) is 1.18. The van der Waals surface area contributed by atoms with E-state index in [0.717, 1.165) is 17.9 Å². The van der Waals surface area contributed by atoms with Crippen LogP contribution in [0.25, 0.3) is 5.69 Å². The number of amidine groups is 1. The molecule has 0 unspecified atom stereocenters. The van der Waals surface area contributed by atoms with Crippen molar-refractivity contribution in [3.63, 3.8) is 0 Å². The standard InChI is InChI=1S/C25H28N4S/c1-5-19-15-30-25-27-23(21-11-8-9-13-26-21)24(29(19)25)20-14-17(3)28(18(20)4)22-12-7-6-10-16(22)2/h6-14,19,23-24H,5,15H2,1-4H3/t19-,23-,24+/m0/s1. The maximum Gasteiger partial charge on any atom is 0.160 e. The molecule has 3 aromatic rings. The third-order valence-corrected chi connectivity index (χ3v) is 7.60. The number of rotatable bonds is 4. The van der Waals surface area contributed by atoms with Crippen molar-refractivity contribution < 1.29 is 0 Å². The van der Waals surface area contributed by atoms with Crippen molar-refractivity contribution in [3.8, 4) is 5.69 Å². The summed E-state index contributed by atoms with van der Waals surface area (Å²) < 4.78 is 2.41. The second-order valence-electron chi connectivity index (χ2n) is 8.28. The Morgan fingerprint density at radius 3 is 2.60 bits per heavy atom. The lowest BCUT2D eigenvalue weighted by Gasteiger charge is -2.32. The van der Waals surface area contributed by atoms with E-state index in [0.29, 0.717) is 6.04 Å². The van der Waals surface area contributed by atoms with Crippen LogP contribution < -0.4 is 0 Å². The van der Waals surface area contributed by atoms with Gasteiger partial charge in [0.05, 0.1) is 11.7 Å². The molecule has 4 nitrogen and oxygen atoms in total. The van der Waals surface area contributed by atoms with E-state index in [4.69, 9.17) is 9.98 Å². The number of nitrogens with zero attached hydrogens (tertiary/aromatic N) is 4. The van der Waals surface area contributed by atoms with E-state index in [-0.39, 0.29) is 12.1 Å². The predicted octanol–water partition coefficient (Wildman–Crippen LogP) is 5.78. The number of thioether (sulfide) groups is 1. The van der Waals surface area contributed by atoms with Crippen LogP contribution in [0.3, 0.4) is 0 Å². The Balaban J connectivity index is 1.66. The first-order valence-electron chi connectivity index (χ1n) is 10.7. The Labute approximate surface area is 183 Å². The zero-order chi connectivity index (χ0) is 20.8. The molecule has 0 saturated carbocycles. The van der Waals surface area contributed by atoms with Crippen molar-refractivity contribution in [2.24, 2.45) is 4.99 Å². The second kappa shape index (κ2) is 7.62. The van der Waals surface area contributed by atoms with Gasteiger partial charge in [0, 0.05) is 35.1 Å². The van der Waals surface area contributed by atoms with Crippen molar-refractivity contribution in [2.45, 2.75) is 52.2 Å². The zero-order valence-corrected chi connectivity index (χ0v) is 18.9. The smallest absolute Gasteiger partial charge is 0.160 e. The fourth-order valence-electron chi connectivity index (χ4n) is 4.96. The molecule has 0 aliphatic carbocycles. The first kappa shape index (κ1) is 19.4. The van der Waals surface area contributed by atoms with Gasteiger partial charge in [0.15, 0.2) is 5.17 Å². The van der Waals surface area contributed by atoms with Crippen molar-refractivity contribution in [3.05, 3.63) is 82.9 Å². The van der Waals surface area contributed by atoms with Crippen molar-refractivity contribution >= 4 is 16.9 Å². The average Bonchev–Trinajstić information content (AvgIpc) is 3.41. The molecule has 5 heteroatoms. The number of para-hydroxylation sites is 1. The molecule has 154 valence electrons. The molecule has 4 heterocycles. The summed E-state index contributed by atoms with van der Waals surface area (Å²) in [5.74, 6) is 1.12. The van der Waals surface area contributed by atoms with E-state index in [1.807, 2.05) is 24.0 Å². The molecule has 2 aliphatic rings. The van der Waals surface area contributed by atoms with Crippen LogP contribution in [0.4, 0.5) is 0 Å². The molecule has 1 saturated heterocycles. The Morgan fingerprint density at radius 1 is 1.07 bits per heavy atom. The maximum absolute atomic E-state index is 5.18. The fourth-order valence-corrected chi connectivity index (χ4v) is 6.30. The number of fused-ring (bicyclic) bond motifs is 1. The highest BCUT2D eigenvalue weighted by atomic mass is 32.2. The van der Waals surface area contributed by atoms with Gasteiger partial charge in [-0.05, 0) is 62.6 Å². The van der Waals surface area contributed by atoms with Gasteiger partial charge in [-0.1, -0.05) is 43.0 Å². The number of pyridine rings is 1. The quantitative estimate of drug-likeness (QED) is 0.541. The van der Waals surface area contributed by atoms with Gasteiger partial charge in [0.25, 0.3) is 0 Å². The molecule has 0 amide bonds. The minimum Gasteiger partial charge on any atom is -0.338 e. The molecule has 1 fully saturated rings. The molecule has 1 aromatic carbocycles. The lowest BCUT2D eigenvalue weighted by atomic mass is 9.95. The Morgan fingerprint density at radius 2 is 1.87 bits per heavy atom. The monoisotopic (exact) mass is 416 g/mol. The normalized spacial score (nSPS) is 23.0. The van der Waals surface area contributed by atoms with Gasteiger partial charge in [-0.25, -0.2) is 0 Å². The first-order valence-corrected chi connectivity index (χ1v) is 11.7. The summed E-state index contributed by atoms with van der Waals surface area (Å²) in [6, 6.07) is 17.9. The van der Waals surface area contributed by atoms with Gasteiger partial charge in [-0.15, -0.1) is 0 Å². The van der Waals surface area contributed by atoms with E-state index in [2.05, 4.69) is 79.6 Å². The van der Waals surface area contributed by atoms with E-state index in [9.17, 15) is 0 Å². The lowest BCUT2D eigenvalue weighted by molar-refractivity contribution is 0.254. The van der Waals surface area contributed by atoms with Gasteiger partial charge in [-0.2, -0.15) is 0 Å². The van der Waals surface area contributed by atoms with Crippen molar-refractivity contribution in [1.29, 1.82) is 0 Å². The molecule has 3 atom stereocenters. The van der Waals surface area contributed by atoms with Crippen LogP contribution in [0.1, 0.15) is 53.6 Å². The zero-order valence-electron chi connectivity index (χ0n) is 18.0. The number of aliphatic imine (C=N–C) groups is 1. The van der Waals surface area contributed by atoms with Gasteiger partial charge in [0.1, 0.15) is 6.04 Å². The molecule has 2 aliphatic heterocycles. The molecule has 2 aromatic heterocycles. The van der Waals surface area contributed by atoms with Gasteiger partial charge < -0.3 is 9.47 Å². The molecule has 0 bridgehead atoms. The van der Waals surface area contributed by atoms with Crippen LogP contribution in [0, 0.1) is 20.8 Å². The topological polar surface area (TPSA) is 33.4 Å². The highest BCUT2D eigenvalue weighted by Gasteiger charge is 2.46. The van der Waals surface area contributed by atoms with Crippen LogP contribution in [0.5, 0.6) is 0 Å². The Bertz CT molecular complexity index is 1100. The van der Waals surface area contributed by atoms with E-state index < -0.39 is 0 Å². The molecule has 0 N–H and O–H groups in total. The largest absolute Gasteiger partial charge is 0.338 e. The summed E-state index contributed by atoms with van der Waals surface area (Å²) in [5.41, 5.74) is 7.54. The van der Waals surface area contributed by atoms with Crippen molar-refractivity contribution in [1.82, 2.24) is 14.5 Å². The summed E-state index contributed by atoms with van der Waals surface area (Å²) >= 11 is 1.90. The molecule has 30 heavy (non-hydrogen) atoms. The van der Waals surface area contributed by atoms with E-state index in [1.54, 1.807) is 0 Å². The minimum absolute atomic E-state index is 0.0360. The fraction of sp³-hybridized carbons (Fsp3) is 0.360. The van der Waals surface area contributed by atoms with Gasteiger partial charge >= 0.3 is 0 Å². The van der Waals surface area contributed by atoms with Gasteiger partial charge in [-0.3, -0.25) is 9.98 Å². The molecule has 0 spiro atoms. The first-order chi connectivity index (χ1) is 14.6. The average molecular weight is 417 g/mol. The predicted molar refractivity (Wildman–Crippen MR) is 126 cm³/mol. The number of aromatic nitrogens is 2. The number of hydrogen-bond acceptors (Lipinski definition) is 4. The van der Waals surface area contributed by atoms with Crippen LogP contribution in [0.15, 0.2) is 59.7 Å². The second-order valence-corrected chi connectivity index (χ2v) is 9.27. The number of hydrogen-bond donors (Lipinski definition) is 0. The maximum atomic E-state index is 5.18. The van der Waals surface area contributed by atoms with Crippen LogP contribution in [-0.4, -0.2) is 31.4 Å². The lowest BCUT2D eigenvalue weighted by Crippen LogP contribution is -2.35. The Hall–Kier alpha value is -2.53. The third kappa shape index (κ3) is 2.99. The number of benzene rings is 1. The summed E-state index contributed by atoms with van der Waals surface area (Å²) in [7, 11) is 0. The van der Waals surface area contributed by atoms with Crippen LogP contribution in [0.2, 0.25) is 0 Å². The molecular formula is C25H28N4S. The SMILES string of the molecule is CC[C@H]1CSC2=N[C@@H](c3ccccn3)[C@@H](c3cc(C)n(-c4ccccc4C)c3C)N21. The summed E-state index contributed by atoms with van der Waals surface area (Å²) in [4.78, 5) is 12.5. The van der Waals surface area contributed by atoms with Gasteiger partial charge in [0.2, 0.25) is 0 Å². The van der Waals surface area contributed by atoms with E-state index >= 15 is 0 Å².